The van der Waals surface area contributed by atoms with Gasteiger partial charge in [-0.25, -0.2) is 9.37 Å². The number of aromatic nitrogens is 2. The highest BCUT2D eigenvalue weighted by molar-refractivity contribution is 6.32. The third-order valence-corrected chi connectivity index (χ3v) is 6.25. The first kappa shape index (κ1) is 23.6. The summed E-state index contributed by atoms with van der Waals surface area (Å²) in [7, 11) is 0. The van der Waals surface area contributed by atoms with Crippen LogP contribution in [0.15, 0.2) is 53.6 Å². The quantitative estimate of drug-likeness (QED) is 0.386. The van der Waals surface area contributed by atoms with E-state index in [-0.39, 0.29) is 34.8 Å². The van der Waals surface area contributed by atoms with Crippen LogP contribution in [0.1, 0.15) is 24.5 Å². The molecule has 0 bridgehead atoms. The summed E-state index contributed by atoms with van der Waals surface area (Å²) in [5, 5.41) is 15.7. The molecule has 1 fully saturated rings. The Bertz CT molecular complexity index is 1290. The fourth-order valence-corrected chi connectivity index (χ4v) is 4.17. The first-order chi connectivity index (χ1) is 16.4. The molecule has 4 rings (SSSR count). The number of nitrogens with two attached hydrogens (primary N) is 1. The number of rotatable bonds is 7. The zero-order valence-corrected chi connectivity index (χ0v) is 19.3. The van der Waals surface area contributed by atoms with Gasteiger partial charge in [-0.05, 0) is 18.4 Å². The van der Waals surface area contributed by atoms with Crippen LogP contribution in [0.25, 0.3) is 5.69 Å². The van der Waals surface area contributed by atoms with Crippen molar-refractivity contribution in [1.29, 1.82) is 5.41 Å². The molecule has 0 aliphatic carbocycles. The van der Waals surface area contributed by atoms with Crippen molar-refractivity contribution in [3.63, 3.8) is 0 Å². The lowest BCUT2D eigenvalue weighted by atomic mass is 9.94. The molecule has 0 radical (unpaired) electrons. The van der Waals surface area contributed by atoms with Crippen molar-refractivity contribution in [1.82, 2.24) is 14.9 Å². The number of nitrogens with one attached hydrogen (secondary N) is 3. The Morgan fingerprint density at radius 1 is 1.35 bits per heavy atom. The van der Waals surface area contributed by atoms with Crippen molar-refractivity contribution in [2.24, 2.45) is 5.92 Å². The molecule has 176 valence electrons. The van der Waals surface area contributed by atoms with Crippen LogP contribution in [-0.2, 0) is 11.3 Å². The van der Waals surface area contributed by atoms with Gasteiger partial charge in [0.25, 0.3) is 5.56 Å². The standard InChI is InChI=1S/C24H24ClFN6O2/c1-14-6-8-28-23(33)22(14)31-21-10-20(17(25)13-30-21)32-9-7-19(16(11-27)24(32)34)29-12-15-4-2-3-5-18(15)26/h2-5,7,9-11,13-14,22,27,29H,6,8,12H2,1H3,(H,28,33)(H,30,31)/p+1. The molecule has 2 atom stereocenters. The molecule has 34 heavy (non-hydrogen) atoms. The third-order valence-electron chi connectivity index (χ3n) is 5.96. The minimum atomic E-state index is -0.445. The number of carbonyl (C=O) groups excluding carboxylic acids is 1. The number of hydrogen-bond acceptors (Lipinski definition) is 5. The van der Waals surface area contributed by atoms with Gasteiger partial charge in [0.05, 0.1) is 16.9 Å². The van der Waals surface area contributed by atoms with E-state index in [1.165, 1.54) is 16.8 Å². The summed E-state index contributed by atoms with van der Waals surface area (Å²) in [6, 6.07) is 9.27. The summed E-state index contributed by atoms with van der Waals surface area (Å²) in [5.74, 6) is 0.0982. The number of amides is 1. The highest BCUT2D eigenvalue weighted by atomic mass is 35.5. The van der Waals surface area contributed by atoms with Gasteiger partial charge in [-0.15, -0.1) is 0 Å². The third kappa shape index (κ3) is 4.85. The summed E-state index contributed by atoms with van der Waals surface area (Å²) in [6.45, 7) is 2.91. The zero-order valence-electron chi connectivity index (χ0n) is 18.5. The maximum absolute atomic E-state index is 14.0. The van der Waals surface area contributed by atoms with E-state index in [1.54, 1.807) is 41.8 Å². The van der Waals surface area contributed by atoms with E-state index in [0.29, 0.717) is 29.3 Å². The SMILES string of the molecule is CC1CCNC(=O)C1Nc1cc(-n2ccc([NH2+]Cc3ccccc3F)c(C=N)c2=O)c(Cl)cn1. The van der Waals surface area contributed by atoms with E-state index >= 15 is 0 Å². The predicted molar refractivity (Wildman–Crippen MR) is 129 cm³/mol. The van der Waals surface area contributed by atoms with Crippen molar-refractivity contribution >= 4 is 35.2 Å². The normalized spacial score (nSPS) is 17.8. The first-order valence-electron chi connectivity index (χ1n) is 10.9. The number of carbonyl (C=O) groups is 1. The molecule has 3 aromatic rings. The van der Waals surface area contributed by atoms with Crippen molar-refractivity contribution < 1.29 is 14.5 Å². The Morgan fingerprint density at radius 2 is 2.15 bits per heavy atom. The number of piperidine rings is 1. The van der Waals surface area contributed by atoms with Gasteiger partial charge < -0.3 is 21.4 Å². The molecule has 1 aliphatic rings. The van der Waals surface area contributed by atoms with Crippen LogP contribution in [0.5, 0.6) is 0 Å². The minimum absolute atomic E-state index is 0.102. The Morgan fingerprint density at radius 3 is 2.88 bits per heavy atom. The number of halogens is 2. The van der Waals surface area contributed by atoms with Crippen molar-refractivity contribution in [2.75, 3.05) is 11.9 Å². The lowest BCUT2D eigenvalue weighted by Gasteiger charge is -2.29. The van der Waals surface area contributed by atoms with Crippen LogP contribution in [0.4, 0.5) is 15.9 Å². The number of quaternary nitrogens is 1. The summed E-state index contributed by atoms with van der Waals surface area (Å²) in [5.41, 5.74) is 1.10. The van der Waals surface area contributed by atoms with Crippen molar-refractivity contribution in [3.8, 4) is 5.69 Å². The van der Waals surface area contributed by atoms with Gasteiger partial charge in [0.15, 0.2) is 0 Å². The lowest BCUT2D eigenvalue weighted by Crippen LogP contribution is -2.77. The molecular weight excluding hydrogens is 459 g/mol. The maximum atomic E-state index is 14.0. The molecule has 3 heterocycles. The molecule has 10 heteroatoms. The van der Waals surface area contributed by atoms with Crippen LogP contribution >= 0.6 is 11.6 Å². The Balaban J connectivity index is 1.63. The topological polar surface area (TPSA) is 116 Å². The Labute approximate surface area is 200 Å². The fourth-order valence-electron chi connectivity index (χ4n) is 3.98. The Kier molecular flexibility index (Phi) is 7.04. The van der Waals surface area contributed by atoms with E-state index in [1.807, 2.05) is 6.92 Å². The molecular formula is C24H25ClFN6O2+. The van der Waals surface area contributed by atoms with Crippen LogP contribution in [0, 0.1) is 17.1 Å². The summed E-state index contributed by atoms with van der Waals surface area (Å²) in [6.07, 6.45) is 4.80. The molecule has 2 aromatic heterocycles. The van der Waals surface area contributed by atoms with Crippen LogP contribution in [0.3, 0.4) is 0 Å². The van der Waals surface area contributed by atoms with Gasteiger partial charge in [0, 0.05) is 36.7 Å². The van der Waals surface area contributed by atoms with Gasteiger partial charge in [0.2, 0.25) is 5.91 Å². The molecule has 8 nitrogen and oxygen atoms in total. The predicted octanol–water partition coefficient (Wildman–Crippen LogP) is 2.35. The second-order valence-corrected chi connectivity index (χ2v) is 8.61. The molecule has 1 amide bonds. The second kappa shape index (κ2) is 10.1. The van der Waals surface area contributed by atoms with Gasteiger partial charge in [-0.3, -0.25) is 14.2 Å². The maximum Gasteiger partial charge on any atom is 0.270 e. The van der Waals surface area contributed by atoms with Gasteiger partial charge >= 0.3 is 0 Å². The molecule has 0 spiro atoms. The fraction of sp³-hybridized carbons (Fsp3) is 0.250. The van der Waals surface area contributed by atoms with E-state index in [0.717, 1.165) is 12.6 Å². The van der Waals surface area contributed by atoms with Gasteiger partial charge in [-0.2, -0.15) is 0 Å². The van der Waals surface area contributed by atoms with Crippen LogP contribution in [0.2, 0.25) is 5.02 Å². The van der Waals surface area contributed by atoms with E-state index in [9.17, 15) is 14.0 Å². The average molecular weight is 484 g/mol. The smallest absolute Gasteiger partial charge is 0.270 e. The van der Waals surface area contributed by atoms with Crippen molar-refractivity contribution in [3.05, 3.63) is 81.1 Å². The highest BCUT2D eigenvalue weighted by Crippen LogP contribution is 2.24. The lowest BCUT2D eigenvalue weighted by molar-refractivity contribution is -0.589. The van der Waals surface area contributed by atoms with Crippen molar-refractivity contribution in [2.45, 2.75) is 25.9 Å². The zero-order chi connectivity index (χ0) is 24.2. The van der Waals surface area contributed by atoms with E-state index < -0.39 is 11.6 Å². The van der Waals surface area contributed by atoms with E-state index in [4.69, 9.17) is 17.0 Å². The largest absolute Gasteiger partial charge is 0.358 e. The van der Waals surface area contributed by atoms with Gasteiger partial charge in [0.1, 0.15) is 35.5 Å². The monoisotopic (exact) mass is 483 g/mol. The molecule has 5 N–H and O–H groups in total. The summed E-state index contributed by atoms with van der Waals surface area (Å²) < 4.78 is 15.3. The summed E-state index contributed by atoms with van der Waals surface area (Å²) in [4.78, 5) is 29.7. The highest BCUT2D eigenvalue weighted by Gasteiger charge is 2.29. The van der Waals surface area contributed by atoms with Crippen LogP contribution in [-0.4, -0.2) is 34.3 Å². The number of benzene rings is 1. The average Bonchev–Trinajstić information content (AvgIpc) is 2.82. The first-order valence-corrected chi connectivity index (χ1v) is 11.3. The number of anilines is 1. The Hall–Kier alpha value is -3.56. The molecule has 2 unspecified atom stereocenters. The molecule has 1 aliphatic heterocycles. The van der Waals surface area contributed by atoms with Crippen LogP contribution < -0.4 is 21.5 Å². The van der Waals surface area contributed by atoms with Gasteiger partial charge in [-0.1, -0.05) is 36.7 Å². The molecule has 1 aromatic carbocycles. The number of hydrogen-bond donors (Lipinski definition) is 4. The summed E-state index contributed by atoms with van der Waals surface area (Å²) >= 11 is 6.36. The minimum Gasteiger partial charge on any atom is -0.358 e. The molecule has 1 saturated heterocycles. The number of nitrogens with zero attached hydrogens (tertiary/aromatic N) is 2. The van der Waals surface area contributed by atoms with E-state index in [2.05, 4.69) is 15.6 Å². The second-order valence-electron chi connectivity index (χ2n) is 8.20. The number of pyridine rings is 2. The molecule has 0 saturated carbocycles.